The molecule has 11 heteroatoms. The first-order chi connectivity index (χ1) is 22.4. The number of benzene rings is 2. The van der Waals surface area contributed by atoms with Crippen molar-refractivity contribution in [3.63, 3.8) is 0 Å². The Balaban J connectivity index is 1.25. The third-order valence-electron chi connectivity index (χ3n) is 8.78. The van der Waals surface area contributed by atoms with Crippen molar-refractivity contribution in [3.8, 4) is 5.75 Å². The first-order valence-electron chi connectivity index (χ1n) is 15.6. The third-order valence-corrected chi connectivity index (χ3v) is 10.0. The van der Waals surface area contributed by atoms with Crippen molar-refractivity contribution in [3.05, 3.63) is 90.2 Å². The number of Topliss-reactive ketones (excluding diaryl/α,β-unsaturated/α-hetero) is 1. The van der Waals surface area contributed by atoms with Crippen LogP contribution in [0.25, 0.3) is 10.9 Å². The Hall–Kier alpha value is -4.19. The third kappa shape index (κ3) is 7.11. The van der Waals surface area contributed by atoms with Crippen LogP contribution in [-0.2, 0) is 20.7 Å². The van der Waals surface area contributed by atoms with Gasteiger partial charge in [0.05, 0.1) is 31.1 Å². The van der Waals surface area contributed by atoms with Crippen molar-refractivity contribution in [2.75, 3.05) is 27.4 Å². The number of hydrogen-bond donors (Lipinski definition) is 4. The Labute approximate surface area is 272 Å². The minimum absolute atomic E-state index is 0.0646. The van der Waals surface area contributed by atoms with E-state index in [1.165, 1.54) is 11.8 Å². The van der Waals surface area contributed by atoms with E-state index in [2.05, 4.69) is 20.9 Å². The first-order valence-corrected chi connectivity index (χ1v) is 16.5. The van der Waals surface area contributed by atoms with Crippen LogP contribution in [0.1, 0.15) is 28.9 Å². The number of ether oxygens (including phenoxy) is 2. The number of rotatable bonds is 13. The van der Waals surface area contributed by atoms with Crippen molar-refractivity contribution in [1.82, 2.24) is 20.9 Å². The number of allylic oxidation sites excluding steroid dienone is 2. The van der Waals surface area contributed by atoms with Crippen molar-refractivity contribution in [2.45, 2.75) is 48.7 Å². The van der Waals surface area contributed by atoms with Crippen LogP contribution < -0.4 is 20.7 Å². The molecule has 0 bridgehead atoms. The zero-order valence-electron chi connectivity index (χ0n) is 25.9. The van der Waals surface area contributed by atoms with Crippen LogP contribution in [0.5, 0.6) is 5.75 Å². The van der Waals surface area contributed by atoms with Crippen LogP contribution >= 0.6 is 11.8 Å². The number of thioether (sulfide) groups is 1. The maximum atomic E-state index is 14.1. The lowest BCUT2D eigenvalue weighted by molar-refractivity contribution is -0.127. The second-order valence-corrected chi connectivity index (χ2v) is 13.0. The Morgan fingerprint density at radius 2 is 1.85 bits per heavy atom. The summed E-state index contributed by atoms with van der Waals surface area (Å²) in [6.07, 6.45) is 9.49. The van der Waals surface area contributed by atoms with Gasteiger partial charge >= 0.3 is 0 Å². The number of carbonyl (C=O) groups is 3. The minimum Gasteiger partial charge on any atom is -0.496 e. The number of fused-ring (bicyclic) bond motifs is 2. The van der Waals surface area contributed by atoms with Gasteiger partial charge in [-0.1, -0.05) is 72.5 Å². The molecule has 1 saturated heterocycles. The summed E-state index contributed by atoms with van der Waals surface area (Å²) in [5.74, 6) is -0.314. The standard InChI is InChI=1S/C35H39N5O5S/c1-44-20-29-22(15-16-36-29)18-26(32(41)35-40-25-11-6-7-14-31(25)46-35)38-33(42)27(17-21-9-4-3-5-10-21)39-34(43)28-19-23-24(37-28)12-8-13-30(23)45-2/h3-14,19,22,25-27,29,31,36-37H,15-18,20H2,1-2H3,(H,38,42)(H,39,43)/t22-,25?,26-,27-,29?,31?/m0/s1. The van der Waals surface area contributed by atoms with E-state index in [9.17, 15) is 14.4 Å². The fourth-order valence-corrected chi connectivity index (χ4v) is 7.53. The van der Waals surface area contributed by atoms with E-state index in [1.807, 2.05) is 72.8 Å². The molecule has 3 heterocycles. The van der Waals surface area contributed by atoms with Gasteiger partial charge in [-0.15, -0.1) is 0 Å². The van der Waals surface area contributed by atoms with Gasteiger partial charge in [-0.25, -0.2) is 0 Å². The molecule has 6 atom stereocenters. The zero-order chi connectivity index (χ0) is 32.0. The SMILES string of the molecule is COCC1NCC[C@H]1C[C@H](NC(=O)[C@H](Cc1ccccc1)NC(=O)c1cc2c(OC)cccc2[nH]1)C(=O)C1=NC2C=CC=CC2S1. The number of H-pyrrole nitrogens is 1. The quantitative estimate of drug-likeness (QED) is 0.224. The first kappa shape index (κ1) is 31.8. The fourth-order valence-electron chi connectivity index (χ4n) is 6.37. The molecule has 3 aliphatic rings. The second-order valence-electron chi connectivity index (χ2n) is 11.8. The molecule has 2 aliphatic heterocycles. The normalized spacial score (nSPS) is 23.0. The van der Waals surface area contributed by atoms with Crippen LogP contribution in [-0.4, -0.2) is 84.4 Å². The summed E-state index contributed by atoms with van der Waals surface area (Å²) in [4.78, 5) is 49.7. The predicted molar refractivity (Wildman–Crippen MR) is 180 cm³/mol. The number of methoxy groups -OCH3 is 2. The summed E-state index contributed by atoms with van der Waals surface area (Å²) in [5.41, 5.74) is 1.93. The molecule has 2 amide bonds. The Bertz CT molecular complexity index is 1670. The molecule has 6 rings (SSSR count). The van der Waals surface area contributed by atoms with Gasteiger partial charge in [0.1, 0.15) is 22.5 Å². The molecule has 1 aliphatic carbocycles. The van der Waals surface area contributed by atoms with Gasteiger partial charge in [0.15, 0.2) is 0 Å². The van der Waals surface area contributed by atoms with E-state index in [-0.39, 0.29) is 35.5 Å². The summed E-state index contributed by atoms with van der Waals surface area (Å²) in [5, 5.41) is 10.7. The summed E-state index contributed by atoms with van der Waals surface area (Å²) in [6.45, 7) is 1.32. The summed E-state index contributed by atoms with van der Waals surface area (Å²) in [6, 6.07) is 15.0. The van der Waals surface area contributed by atoms with E-state index >= 15 is 0 Å². The van der Waals surface area contributed by atoms with E-state index in [1.54, 1.807) is 20.3 Å². The van der Waals surface area contributed by atoms with Crippen LogP contribution in [0.2, 0.25) is 0 Å². The van der Waals surface area contributed by atoms with Crippen LogP contribution in [0, 0.1) is 5.92 Å². The van der Waals surface area contributed by atoms with Gasteiger partial charge in [0.25, 0.3) is 5.91 Å². The number of nitrogens with one attached hydrogen (secondary N) is 4. The van der Waals surface area contributed by atoms with Gasteiger partial charge in [-0.2, -0.15) is 0 Å². The van der Waals surface area contributed by atoms with Gasteiger partial charge < -0.3 is 30.4 Å². The summed E-state index contributed by atoms with van der Waals surface area (Å²) >= 11 is 1.44. The number of carbonyl (C=O) groups excluding carboxylic acids is 3. The topological polar surface area (TPSA) is 134 Å². The van der Waals surface area contributed by atoms with Crippen LogP contribution in [0.4, 0.5) is 0 Å². The van der Waals surface area contributed by atoms with Gasteiger partial charge in [0.2, 0.25) is 11.7 Å². The Morgan fingerprint density at radius 3 is 2.63 bits per heavy atom. The average Bonchev–Trinajstić information content (AvgIpc) is 3.83. The molecular formula is C35H39N5O5S. The number of aliphatic imine (C=N–C) groups is 1. The lowest BCUT2D eigenvalue weighted by atomic mass is 9.91. The van der Waals surface area contributed by atoms with Gasteiger partial charge in [-0.05, 0) is 49.1 Å². The minimum atomic E-state index is -0.943. The number of aromatic nitrogens is 1. The van der Waals surface area contributed by atoms with Gasteiger partial charge in [0, 0.05) is 30.5 Å². The molecule has 0 radical (unpaired) electrons. The monoisotopic (exact) mass is 641 g/mol. The van der Waals surface area contributed by atoms with Crippen LogP contribution in [0.3, 0.4) is 0 Å². The van der Waals surface area contributed by atoms with Crippen molar-refractivity contribution in [1.29, 1.82) is 0 Å². The van der Waals surface area contributed by atoms with Crippen LogP contribution in [0.15, 0.2) is 83.9 Å². The molecule has 46 heavy (non-hydrogen) atoms. The highest BCUT2D eigenvalue weighted by atomic mass is 32.2. The maximum Gasteiger partial charge on any atom is 0.268 e. The Kier molecular flexibility index (Phi) is 10.0. The van der Waals surface area contributed by atoms with E-state index in [4.69, 9.17) is 14.5 Å². The highest BCUT2D eigenvalue weighted by Gasteiger charge is 2.39. The molecule has 0 saturated carbocycles. The molecule has 3 unspecified atom stereocenters. The van der Waals surface area contributed by atoms with E-state index < -0.39 is 23.9 Å². The predicted octanol–water partition coefficient (Wildman–Crippen LogP) is 3.59. The maximum absolute atomic E-state index is 14.1. The molecule has 1 fully saturated rings. The summed E-state index contributed by atoms with van der Waals surface area (Å²) < 4.78 is 10.9. The molecule has 0 spiro atoms. The molecule has 2 aromatic carbocycles. The van der Waals surface area contributed by atoms with E-state index in [0.29, 0.717) is 29.5 Å². The average molecular weight is 642 g/mol. The molecule has 10 nitrogen and oxygen atoms in total. The summed E-state index contributed by atoms with van der Waals surface area (Å²) in [7, 11) is 3.24. The largest absolute Gasteiger partial charge is 0.496 e. The fraction of sp³-hybridized carbons (Fsp3) is 0.371. The highest BCUT2D eigenvalue weighted by molar-refractivity contribution is 8.16. The number of hydrogen-bond acceptors (Lipinski definition) is 8. The van der Waals surface area contributed by atoms with Crippen molar-refractivity contribution < 1.29 is 23.9 Å². The Morgan fingerprint density at radius 1 is 1.02 bits per heavy atom. The van der Waals surface area contributed by atoms with Crippen molar-refractivity contribution in [2.24, 2.45) is 10.9 Å². The number of aromatic amines is 1. The number of ketones is 1. The van der Waals surface area contributed by atoms with E-state index in [0.717, 1.165) is 29.4 Å². The lowest BCUT2D eigenvalue weighted by Crippen LogP contribution is -2.54. The molecule has 1 aromatic heterocycles. The number of nitrogens with zero attached hydrogens (tertiary/aromatic N) is 1. The lowest BCUT2D eigenvalue weighted by Gasteiger charge is -2.27. The highest BCUT2D eigenvalue weighted by Crippen LogP contribution is 2.33. The number of amides is 2. The second kappa shape index (κ2) is 14.5. The molecule has 3 aromatic rings. The smallest absolute Gasteiger partial charge is 0.268 e. The molecule has 240 valence electrons. The molecule has 4 N–H and O–H groups in total. The van der Waals surface area contributed by atoms with Crippen molar-refractivity contribution >= 4 is 45.3 Å². The molecular weight excluding hydrogens is 602 g/mol. The zero-order valence-corrected chi connectivity index (χ0v) is 26.7. The van der Waals surface area contributed by atoms with Gasteiger partial charge in [-0.3, -0.25) is 19.4 Å².